The van der Waals surface area contributed by atoms with Crippen molar-refractivity contribution in [2.45, 2.75) is 51.0 Å². The molecule has 5 rings (SSSR count). The van der Waals surface area contributed by atoms with Gasteiger partial charge in [0.05, 0.1) is 35.4 Å². The van der Waals surface area contributed by atoms with E-state index in [-0.39, 0.29) is 30.0 Å². The Bertz CT molecular complexity index is 1330. The van der Waals surface area contributed by atoms with Crippen LogP contribution in [0, 0.1) is 0 Å². The molecule has 8 nitrogen and oxygen atoms in total. The molecule has 2 aromatic heterocycles. The normalized spacial score (nSPS) is 17.1. The summed E-state index contributed by atoms with van der Waals surface area (Å²) in [4.78, 5) is 28.1. The first-order chi connectivity index (χ1) is 17.6. The number of nitrogens with two attached hydrogens (primary N) is 1. The molecule has 1 amide bonds. The van der Waals surface area contributed by atoms with Gasteiger partial charge >= 0.3 is 6.18 Å². The fraction of sp³-hybridized carbons (Fsp3) is 0.417. The number of benzene rings is 1. The van der Waals surface area contributed by atoms with Crippen molar-refractivity contribution in [3.05, 3.63) is 61.9 Å². The lowest BCUT2D eigenvalue weighted by molar-refractivity contribution is -0.137. The minimum atomic E-state index is -4.52. The fourth-order valence-corrected chi connectivity index (χ4v) is 5.82. The van der Waals surface area contributed by atoms with Gasteiger partial charge in [0.15, 0.2) is 0 Å². The lowest BCUT2D eigenvalue weighted by atomic mass is 9.99. The molecule has 0 spiro atoms. The van der Waals surface area contributed by atoms with E-state index < -0.39 is 17.8 Å². The molecular formula is C24H25ClF3N7OS. The van der Waals surface area contributed by atoms with Crippen LogP contribution in [0.1, 0.15) is 69.6 Å². The summed E-state index contributed by atoms with van der Waals surface area (Å²) in [7, 11) is 0. The molecule has 0 unspecified atom stereocenters. The van der Waals surface area contributed by atoms with Crippen LogP contribution in [0.25, 0.3) is 0 Å². The summed E-state index contributed by atoms with van der Waals surface area (Å²) >= 11 is 7.66. The fourth-order valence-electron chi connectivity index (χ4n) is 4.67. The molecule has 1 fully saturated rings. The number of nitrogen functional groups attached to an aromatic ring is 1. The quantitative estimate of drug-likeness (QED) is 0.303. The van der Waals surface area contributed by atoms with Crippen molar-refractivity contribution >= 4 is 40.4 Å². The number of anilines is 2. The van der Waals surface area contributed by atoms with Gasteiger partial charge in [0, 0.05) is 22.5 Å². The lowest BCUT2D eigenvalue weighted by Gasteiger charge is -2.20. The van der Waals surface area contributed by atoms with Crippen molar-refractivity contribution in [3.8, 4) is 0 Å². The molecule has 13 heteroatoms. The Labute approximate surface area is 220 Å². The minimum Gasteiger partial charge on any atom is -0.399 e. The summed E-state index contributed by atoms with van der Waals surface area (Å²) in [5.74, 6) is 0.507. The smallest absolute Gasteiger partial charge is 0.399 e. The summed E-state index contributed by atoms with van der Waals surface area (Å²) in [5, 5.41) is 9.21. The lowest BCUT2D eigenvalue weighted by Crippen LogP contribution is -2.27. The number of piperidine rings is 1. The van der Waals surface area contributed by atoms with E-state index in [0.717, 1.165) is 43.1 Å². The molecule has 3 aromatic rings. The third-order valence-corrected chi connectivity index (χ3v) is 7.81. The van der Waals surface area contributed by atoms with E-state index >= 15 is 0 Å². The molecule has 2 aliphatic rings. The first-order valence-electron chi connectivity index (χ1n) is 11.8. The van der Waals surface area contributed by atoms with E-state index in [1.807, 2.05) is 0 Å². The van der Waals surface area contributed by atoms with Crippen LogP contribution in [0.15, 0.2) is 23.6 Å². The molecule has 4 N–H and O–H groups in total. The van der Waals surface area contributed by atoms with E-state index in [1.165, 1.54) is 17.4 Å². The Hall–Kier alpha value is -2.96. The van der Waals surface area contributed by atoms with Crippen molar-refractivity contribution in [3.63, 3.8) is 0 Å². The van der Waals surface area contributed by atoms with E-state index in [4.69, 9.17) is 17.3 Å². The number of hydrogen-bond acceptors (Lipinski definition) is 8. The molecule has 1 atom stereocenters. The number of thiazole rings is 1. The average Bonchev–Trinajstić information content (AvgIpc) is 3.51. The predicted molar refractivity (Wildman–Crippen MR) is 135 cm³/mol. The summed E-state index contributed by atoms with van der Waals surface area (Å²) in [6, 6.07) is 2.85. The van der Waals surface area contributed by atoms with E-state index in [1.54, 1.807) is 17.2 Å². The van der Waals surface area contributed by atoms with E-state index in [2.05, 4.69) is 25.6 Å². The highest BCUT2D eigenvalue weighted by Gasteiger charge is 2.33. The summed E-state index contributed by atoms with van der Waals surface area (Å²) in [6.45, 7) is 4.04. The monoisotopic (exact) mass is 551 g/mol. The van der Waals surface area contributed by atoms with Crippen molar-refractivity contribution in [2.75, 3.05) is 24.1 Å². The van der Waals surface area contributed by atoms with Crippen LogP contribution in [-0.2, 0) is 19.3 Å². The van der Waals surface area contributed by atoms with Crippen molar-refractivity contribution in [1.29, 1.82) is 0 Å². The molecular weight excluding hydrogens is 527 g/mol. The van der Waals surface area contributed by atoms with Crippen molar-refractivity contribution < 1.29 is 18.0 Å². The van der Waals surface area contributed by atoms with Crippen molar-refractivity contribution in [2.24, 2.45) is 0 Å². The van der Waals surface area contributed by atoms with Gasteiger partial charge < -0.3 is 21.3 Å². The van der Waals surface area contributed by atoms with Crippen LogP contribution in [0.3, 0.4) is 0 Å². The van der Waals surface area contributed by atoms with Crippen molar-refractivity contribution in [1.82, 2.24) is 25.2 Å². The standard InChI is InChI=1S/C24H25ClF3N7OS/c1-12(14-6-15(24(26,27)28)8-16(29)7-14)31-20-17-9-35(10-18(17)33-23(25)34-20)22(36)19-11-37-21(32-19)13-2-4-30-5-3-13/h6-8,11-13,30H,2-5,9-10,29H2,1H3,(H,31,33,34)/t12-/m1/s1. The summed E-state index contributed by atoms with van der Waals surface area (Å²) in [5.41, 5.74) is 6.90. The van der Waals surface area contributed by atoms with Crippen LogP contribution in [0.4, 0.5) is 24.7 Å². The maximum Gasteiger partial charge on any atom is 0.416 e. The molecule has 4 heterocycles. The second-order valence-corrected chi connectivity index (χ2v) is 10.5. The Balaban J connectivity index is 1.34. The van der Waals surface area contributed by atoms with Gasteiger partial charge in [0.2, 0.25) is 5.28 Å². The summed E-state index contributed by atoms with van der Waals surface area (Å²) < 4.78 is 39.8. The van der Waals surface area contributed by atoms with Gasteiger partial charge in [-0.25, -0.2) is 15.0 Å². The van der Waals surface area contributed by atoms with E-state index in [0.29, 0.717) is 34.3 Å². The van der Waals surface area contributed by atoms with Gasteiger partial charge in [0.25, 0.3) is 5.91 Å². The zero-order valence-electron chi connectivity index (χ0n) is 19.9. The Kier molecular flexibility index (Phi) is 6.99. The zero-order valence-corrected chi connectivity index (χ0v) is 21.5. The molecule has 196 valence electrons. The molecule has 0 saturated carbocycles. The van der Waals surface area contributed by atoms with Crippen LogP contribution in [0.5, 0.6) is 0 Å². The number of aromatic nitrogens is 3. The zero-order chi connectivity index (χ0) is 26.3. The average molecular weight is 552 g/mol. The Morgan fingerprint density at radius 3 is 2.70 bits per heavy atom. The molecule has 0 radical (unpaired) electrons. The Morgan fingerprint density at radius 2 is 1.97 bits per heavy atom. The SMILES string of the molecule is C[C@@H](Nc1nc(Cl)nc2c1CN(C(=O)c1csc(C3CCNCC3)n1)C2)c1cc(N)cc(C(F)(F)F)c1. The van der Waals surface area contributed by atoms with Crippen LogP contribution in [0.2, 0.25) is 5.28 Å². The number of alkyl halides is 3. The maximum absolute atomic E-state index is 13.3. The topological polar surface area (TPSA) is 109 Å². The molecule has 2 aliphatic heterocycles. The third-order valence-electron chi connectivity index (χ3n) is 6.63. The number of fused-ring (bicyclic) bond motifs is 1. The number of halogens is 4. The van der Waals surface area contributed by atoms with Crippen LogP contribution in [-0.4, -0.2) is 38.8 Å². The van der Waals surface area contributed by atoms with Gasteiger partial charge in [-0.1, -0.05) is 0 Å². The number of hydrogen-bond donors (Lipinski definition) is 3. The largest absolute Gasteiger partial charge is 0.416 e. The highest BCUT2D eigenvalue weighted by molar-refractivity contribution is 7.09. The number of nitrogens with one attached hydrogen (secondary N) is 2. The second kappa shape index (κ2) is 10.1. The van der Waals surface area contributed by atoms with Gasteiger partial charge in [-0.2, -0.15) is 13.2 Å². The number of carbonyl (C=O) groups excluding carboxylic acids is 1. The number of carbonyl (C=O) groups is 1. The molecule has 0 aliphatic carbocycles. The maximum atomic E-state index is 13.3. The molecule has 1 aromatic carbocycles. The Morgan fingerprint density at radius 1 is 1.22 bits per heavy atom. The highest BCUT2D eigenvalue weighted by atomic mass is 35.5. The van der Waals surface area contributed by atoms with Gasteiger partial charge in [-0.15, -0.1) is 11.3 Å². The molecule has 0 bridgehead atoms. The second-order valence-electron chi connectivity index (χ2n) is 9.28. The third kappa shape index (κ3) is 5.51. The predicted octanol–water partition coefficient (Wildman–Crippen LogP) is 4.98. The van der Waals surface area contributed by atoms with Gasteiger partial charge in [0.1, 0.15) is 11.5 Å². The molecule has 37 heavy (non-hydrogen) atoms. The summed E-state index contributed by atoms with van der Waals surface area (Å²) in [6.07, 6.45) is -2.53. The van der Waals surface area contributed by atoms with Gasteiger partial charge in [-0.05, 0) is 68.2 Å². The molecule has 1 saturated heterocycles. The van der Waals surface area contributed by atoms with Crippen LogP contribution < -0.4 is 16.4 Å². The van der Waals surface area contributed by atoms with E-state index in [9.17, 15) is 18.0 Å². The number of nitrogens with zero attached hydrogens (tertiary/aromatic N) is 4. The number of amides is 1. The highest BCUT2D eigenvalue weighted by Crippen LogP contribution is 2.35. The minimum absolute atomic E-state index is 0.00770. The first kappa shape index (κ1) is 25.7. The van der Waals surface area contributed by atoms with Gasteiger partial charge in [-0.3, -0.25) is 4.79 Å². The van der Waals surface area contributed by atoms with Crippen LogP contribution >= 0.6 is 22.9 Å². The number of rotatable bonds is 5. The first-order valence-corrected chi connectivity index (χ1v) is 13.1.